The Balaban J connectivity index is 0.00000363. The van der Waals surface area contributed by atoms with E-state index in [-0.39, 0.29) is 19.0 Å². The first-order valence-electron chi connectivity index (χ1n) is 9.85. The SMILES string of the molecule is Cl.O=C(O)COc1ccc(Sc2ccc(CCNC[C@H](O)c3cccc(Cl)c3)cc2)cc1. The summed E-state index contributed by atoms with van der Waals surface area (Å²) in [6, 6.07) is 23.0. The molecule has 3 rings (SSSR count). The number of carboxylic acids is 1. The fourth-order valence-corrected chi connectivity index (χ4v) is 3.93. The third-order valence-corrected chi connectivity index (χ3v) is 5.76. The van der Waals surface area contributed by atoms with Crippen LogP contribution in [0.15, 0.2) is 82.6 Å². The molecule has 0 unspecified atom stereocenters. The molecule has 3 aromatic carbocycles. The van der Waals surface area contributed by atoms with E-state index in [1.165, 1.54) is 5.56 Å². The molecule has 0 radical (unpaired) electrons. The van der Waals surface area contributed by atoms with Crippen LogP contribution in [0.2, 0.25) is 5.02 Å². The standard InChI is InChI=1S/C24H24ClNO4S.ClH/c25-19-3-1-2-18(14-19)23(27)15-26-13-12-17-4-8-21(9-5-17)31-22-10-6-20(7-11-22)30-16-24(28)29;/h1-11,14,23,26-27H,12-13,15-16H2,(H,28,29);1H/t23-;/m0./s1. The average Bonchev–Trinajstić information content (AvgIpc) is 2.77. The van der Waals surface area contributed by atoms with Crippen molar-refractivity contribution >= 4 is 41.7 Å². The lowest BCUT2D eigenvalue weighted by molar-refractivity contribution is -0.139. The predicted molar refractivity (Wildman–Crippen MR) is 130 cm³/mol. The Morgan fingerprint density at radius 3 is 2.31 bits per heavy atom. The van der Waals surface area contributed by atoms with Gasteiger partial charge in [-0.1, -0.05) is 47.6 Å². The highest BCUT2D eigenvalue weighted by Crippen LogP contribution is 2.29. The molecule has 0 fully saturated rings. The van der Waals surface area contributed by atoms with Crippen LogP contribution in [0.3, 0.4) is 0 Å². The quantitative estimate of drug-likeness (QED) is 0.317. The molecule has 0 aliphatic carbocycles. The number of benzene rings is 3. The monoisotopic (exact) mass is 493 g/mol. The minimum Gasteiger partial charge on any atom is -0.482 e. The predicted octanol–water partition coefficient (Wildman–Crippen LogP) is 5.24. The number of carbonyl (C=O) groups is 1. The Hall–Kier alpha value is -2.22. The summed E-state index contributed by atoms with van der Waals surface area (Å²) in [6.45, 7) is 0.894. The Kier molecular flexibility index (Phi) is 10.9. The van der Waals surface area contributed by atoms with Crippen LogP contribution in [0, 0.1) is 0 Å². The van der Waals surface area contributed by atoms with Crippen molar-refractivity contribution in [2.24, 2.45) is 0 Å². The first-order valence-corrected chi connectivity index (χ1v) is 11.0. The zero-order valence-corrected chi connectivity index (χ0v) is 19.6. The van der Waals surface area contributed by atoms with Gasteiger partial charge in [-0.15, -0.1) is 12.4 Å². The molecular weight excluding hydrogens is 469 g/mol. The molecule has 0 aliphatic rings. The van der Waals surface area contributed by atoms with Crippen LogP contribution in [-0.2, 0) is 11.2 Å². The fourth-order valence-electron chi connectivity index (χ4n) is 2.91. The molecule has 32 heavy (non-hydrogen) atoms. The molecule has 3 aromatic rings. The molecule has 0 spiro atoms. The molecule has 0 aromatic heterocycles. The fraction of sp³-hybridized carbons (Fsp3) is 0.208. The minimum absolute atomic E-state index is 0. The largest absolute Gasteiger partial charge is 0.482 e. The van der Waals surface area contributed by atoms with Gasteiger partial charge in [-0.25, -0.2) is 4.79 Å². The minimum atomic E-state index is -0.994. The van der Waals surface area contributed by atoms with Crippen LogP contribution >= 0.6 is 35.8 Å². The van der Waals surface area contributed by atoms with E-state index in [0.717, 1.165) is 28.3 Å². The Bertz CT molecular complexity index is 984. The van der Waals surface area contributed by atoms with E-state index in [0.29, 0.717) is 17.3 Å². The van der Waals surface area contributed by atoms with Crippen LogP contribution in [0.4, 0.5) is 0 Å². The van der Waals surface area contributed by atoms with E-state index in [1.807, 2.05) is 24.3 Å². The Labute approximate surface area is 203 Å². The highest BCUT2D eigenvalue weighted by molar-refractivity contribution is 7.99. The van der Waals surface area contributed by atoms with Crippen molar-refractivity contribution in [2.45, 2.75) is 22.3 Å². The highest BCUT2D eigenvalue weighted by atomic mass is 35.5. The molecule has 0 saturated heterocycles. The smallest absolute Gasteiger partial charge is 0.341 e. The van der Waals surface area contributed by atoms with E-state index in [4.69, 9.17) is 21.4 Å². The van der Waals surface area contributed by atoms with Crippen molar-refractivity contribution in [1.82, 2.24) is 5.32 Å². The third kappa shape index (κ3) is 8.73. The summed E-state index contributed by atoms with van der Waals surface area (Å²) in [4.78, 5) is 12.7. The number of rotatable bonds is 11. The van der Waals surface area contributed by atoms with E-state index in [1.54, 1.807) is 36.0 Å². The van der Waals surface area contributed by atoms with Crippen LogP contribution in [-0.4, -0.2) is 35.9 Å². The van der Waals surface area contributed by atoms with Gasteiger partial charge in [0.1, 0.15) is 5.75 Å². The van der Waals surface area contributed by atoms with E-state index in [2.05, 4.69) is 29.6 Å². The van der Waals surface area contributed by atoms with Crippen molar-refractivity contribution in [1.29, 1.82) is 0 Å². The van der Waals surface area contributed by atoms with Gasteiger partial charge in [0.2, 0.25) is 0 Å². The number of aliphatic hydroxyl groups excluding tert-OH is 1. The highest BCUT2D eigenvalue weighted by Gasteiger charge is 2.07. The van der Waals surface area contributed by atoms with E-state index < -0.39 is 12.1 Å². The van der Waals surface area contributed by atoms with Crippen molar-refractivity contribution < 1.29 is 19.7 Å². The summed E-state index contributed by atoms with van der Waals surface area (Å²) in [5.74, 6) is -0.457. The molecule has 1 atom stereocenters. The second-order valence-corrected chi connectivity index (χ2v) is 8.51. The van der Waals surface area contributed by atoms with Gasteiger partial charge in [0, 0.05) is 21.4 Å². The summed E-state index contributed by atoms with van der Waals surface area (Å²) < 4.78 is 5.14. The molecule has 5 nitrogen and oxygen atoms in total. The number of ether oxygens (including phenoxy) is 1. The van der Waals surface area contributed by atoms with Crippen LogP contribution in [0.1, 0.15) is 17.2 Å². The van der Waals surface area contributed by atoms with E-state index in [9.17, 15) is 9.90 Å². The molecule has 0 heterocycles. The first-order chi connectivity index (χ1) is 15.0. The molecule has 0 amide bonds. The number of hydrogen-bond donors (Lipinski definition) is 3. The number of carboxylic acid groups (broad SMARTS) is 1. The lowest BCUT2D eigenvalue weighted by Crippen LogP contribution is -2.23. The Morgan fingerprint density at radius 1 is 1.03 bits per heavy atom. The molecular formula is C24H25Cl2NO4S. The third-order valence-electron chi connectivity index (χ3n) is 4.51. The van der Waals surface area contributed by atoms with Gasteiger partial charge in [0.25, 0.3) is 0 Å². The molecule has 170 valence electrons. The first kappa shape index (κ1) is 26.0. The van der Waals surface area contributed by atoms with Crippen molar-refractivity contribution in [2.75, 3.05) is 19.7 Å². The van der Waals surface area contributed by atoms with Crippen molar-refractivity contribution in [3.63, 3.8) is 0 Å². The van der Waals surface area contributed by atoms with Crippen LogP contribution in [0.5, 0.6) is 5.75 Å². The maximum Gasteiger partial charge on any atom is 0.341 e. The Morgan fingerprint density at radius 2 is 1.69 bits per heavy atom. The maximum atomic E-state index is 10.5. The maximum absolute atomic E-state index is 10.5. The van der Waals surface area contributed by atoms with Gasteiger partial charge in [-0.3, -0.25) is 0 Å². The van der Waals surface area contributed by atoms with Gasteiger partial charge in [0.05, 0.1) is 6.10 Å². The summed E-state index contributed by atoms with van der Waals surface area (Å²) in [7, 11) is 0. The van der Waals surface area contributed by atoms with Crippen LogP contribution < -0.4 is 10.1 Å². The number of hydrogen-bond acceptors (Lipinski definition) is 5. The summed E-state index contributed by atoms with van der Waals surface area (Å²) >= 11 is 7.59. The van der Waals surface area contributed by atoms with Crippen LogP contribution in [0.25, 0.3) is 0 Å². The second kappa shape index (κ2) is 13.4. The molecule has 3 N–H and O–H groups in total. The summed E-state index contributed by atoms with van der Waals surface area (Å²) in [5, 5.41) is 22.8. The molecule has 8 heteroatoms. The molecule has 0 saturated carbocycles. The van der Waals surface area contributed by atoms with Gasteiger partial charge >= 0.3 is 5.97 Å². The van der Waals surface area contributed by atoms with Gasteiger partial charge in [-0.05, 0) is 72.6 Å². The van der Waals surface area contributed by atoms with Gasteiger partial charge in [0.15, 0.2) is 6.61 Å². The molecule has 0 bridgehead atoms. The topological polar surface area (TPSA) is 78.8 Å². The number of nitrogens with one attached hydrogen (secondary N) is 1. The zero-order chi connectivity index (χ0) is 22.1. The second-order valence-electron chi connectivity index (χ2n) is 6.92. The summed E-state index contributed by atoms with van der Waals surface area (Å²) in [6.07, 6.45) is 0.279. The lowest BCUT2D eigenvalue weighted by Gasteiger charge is -2.12. The number of aliphatic hydroxyl groups is 1. The zero-order valence-electron chi connectivity index (χ0n) is 17.2. The van der Waals surface area contributed by atoms with Gasteiger partial charge < -0.3 is 20.3 Å². The average molecular weight is 494 g/mol. The van der Waals surface area contributed by atoms with Crippen molar-refractivity contribution in [3.8, 4) is 5.75 Å². The van der Waals surface area contributed by atoms with Gasteiger partial charge in [-0.2, -0.15) is 0 Å². The van der Waals surface area contributed by atoms with Crippen molar-refractivity contribution in [3.05, 3.63) is 88.9 Å². The van der Waals surface area contributed by atoms with E-state index >= 15 is 0 Å². The molecule has 0 aliphatic heterocycles. The normalized spacial score (nSPS) is 11.4. The number of halogens is 2. The summed E-state index contributed by atoms with van der Waals surface area (Å²) in [5.41, 5.74) is 2.02. The number of aliphatic carboxylic acids is 1. The lowest BCUT2D eigenvalue weighted by atomic mass is 10.1.